The van der Waals surface area contributed by atoms with Gasteiger partial charge in [0.05, 0.1) is 10.6 Å². The molecule has 0 spiro atoms. The summed E-state index contributed by atoms with van der Waals surface area (Å²) in [6, 6.07) is 21.8. The monoisotopic (exact) mass is 416 g/mol. The number of hydrogen-bond acceptors (Lipinski definition) is 5. The van der Waals surface area contributed by atoms with Crippen LogP contribution < -0.4 is 0 Å². The van der Waals surface area contributed by atoms with Crippen LogP contribution >= 0.6 is 23.1 Å². The standard InChI is InChI=1S/C22H16N4OS2/c27-19(17-13-23-18-10-5-4-9-16(17)18)14-29-22-25-24-21(20-11-6-12-28-20)26(22)15-7-2-1-3-8-15/h1-13,23H,14H2. The Hall–Kier alpha value is -3.16. The van der Waals surface area contributed by atoms with Crippen LogP contribution in [0.25, 0.3) is 27.3 Å². The number of H-pyrrole nitrogens is 1. The topological polar surface area (TPSA) is 63.6 Å². The van der Waals surface area contributed by atoms with E-state index in [9.17, 15) is 4.79 Å². The lowest BCUT2D eigenvalue weighted by Crippen LogP contribution is -2.04. The molecule has 3 heterocycles. The lowest BCUT2D eigenvalue weighted by molar-refractivity contribution is 0.102. The van der Waals surface area contributed by atoms with Gasteiger partial charge in [-0.1, -0.05) is 54.2 Å². The van der Waals surface area contributed by atoms with E-state index in [0.29, 0.717) is 10.7 Å². The van der Waals surface area contributed by atoms with Crippen LogP contribution in [-0.4, -0.2) is 31.3 Å². The smallest absolute Gasteiger partial charge is 0.196 e. The first-order valence-corrected chi connectivity index (χ1v) is 10.9. The molecule has 0 saturated heterocycles. The normalized spacial score (nSPS) is 11.2. The van der Waals surface area contributed by atoms with Crippen molar-refractivity contribution < 1.29 is 4.79 Å². The van der Waals surface area contributed by atoms with Gasteiger partial charge in [0.2, 0.25) is 0 Å². The number of rotatable bonds is 6. The summed E-state index contributed by atoms with van der Waals surface area (Å²) in [7, 11) is 0. The van der Waals surface area contributed by atoms with Gasteiger partial charge in [0, 0.05) is 28.4 Å². The van der Waals surface area contributed by atoms with E-state index in [4.69, 9.17) is 0 Å². The fraction of sp³-hybridized carbons (Fsp3) is 0.0455. The predicted octanol–water partition coefficient (Wildman–Crippen LogP) is 5.45. The minimum Gasteiger partial charge on any atom is -0.360 e. The van der Waals surface area contributed by atoms with Crippen molar-refractivity contribution in [1.82, 2.24) is 19.7 Å². The minimum atomic E-state index is 0.0627. The van der Waals surface area contributed by atoms with Crippen LogP contribution in [0.2, 0.25) is 0 Å². The molecule has 7 heteroatoms. The number of thioether (sulfide) groups is 1. The summed E-state index contributed by atoms with van der Waals surface area (Å²) in [5.74, 6) is 1.14. The number of aromatic amines is 1. The summed E-state index contributed by atoms with van der Waals surface area (Å²) >= 11 is 3.02. The van der Waals surface area contributed by atoms with E-state index in [0.717, 1.165) is 27.3 Å². The number of benzene rings is 2. The zero-order valence-electron chi connectivity index (χ0n) is 15.3. The molecule has 142 valence electrons. The highest BCUT2D eigenvalue weighted by Crippen LogP contribution is 2.31. The number of nitrogens with one attached hydrogen (secondary N) is 1. The van der Waals surface area contributed by atoms with Gasteiger partial charge < -0.3 is 4.98 Å². The summed E-state index contributed by atoms with van der Waals surface area (Å²) < 4.78 is 2.01. The zero-order chi connectivity index (χ0) is 19.6. The van der Waals surface area contributed by atoms with Crippen LogP contribution in [0.5, 0.6) is 0 Å². The van der Waals surface area contributed by atoms with Gasteiger partial charge >= 0.3 is 0 Å². The molecule has 0 atom stereocenters. The molecular weight excluding hydrogens is 400 g/mol. The molecule has 0 aliphatic heterocycles. The first-order chi connectivity index (χ1) is 14.3. The van der Waals surface area contributed by atoms with E-state index in [-0.39, 0.29) is 11.5 Å². The number of carbonyl (C=O) groups is 1. The summed E-state index contributed by atoms with van der Waals surface area (Å²) in [6.45, 7) is 0. The van der Waals surface area contributed by atoms with Crippen molar-refractivity contribution in [1.29, 1.82) is 0 Å². The second-order valence-electron chi connectivity index (χ2n) is 6.41. The maximum absolute atomic E-state index is 12.9. The van der Waals surface area contributed by atoms with Crippen molar-refractivity contribution in [3.8, 4) is 16.4 Å². The van der Waals surface area contributed by atoms with Gasteiger partial charge in [0.1, 0.15) is 0 Å². The molecular formula is C22H16N4OS2. The number of ketones is 1. The Bertz CT molecular complexity index is 1270. The molecule has 1 N–H and O–H groups in total. The van der Waals surface area contributed by atoms with Crippen molar-refractivity contribution in [3.63, 3.8) is 0 Å². The number of aromatic nitrogens is 4. The lowest BCUT2D eigenvalue weighted by Gasteiger charge is -2.09. The summed E-state index contributed by atoms with van der Waals surface area (Å²) in [5, 5.41) is 12.5. The van der Waals surface area contributed by atoms with Gasteiger partial charge in [-0.3, -0.25) is 9.36 Å². The number of thiophene rings is 1. The number of nitrogens with zero attached hydrogens (tertiary/aromatic N) is 3. The maximum Gasteiger partial charge on any atom is 0.196 e. The van der Waals surface area contributed by atoms with E-state index >= 15 is 0 Å². The van der Waals surface area contributed by atoms with Gasteiger partial charge in [0.25, 0.3) is 0 Å². The zero-order valence-corrected chi connectivity index (χ0v) is 16.9. The molecule has 0 bridgehead atoms. The molecule has 0 saturated carbocycles. The highest BCUT2D eigenvalue weighted by Gasteiger charge is 2.19. The molecule has 5 nitrogen and oxygen atoms in total. The summed E-state index contributed by atoms with van der Waals surface area (Å²) in [6.07, 6.45) is 1.78. The van der Waals surface area contributed by atoms with E-state index in [1.54, 1.807) is 17.5 Å². The number of fused-ring (bicyclic) bond motifs is 1. The van der Waals surface area contributed by atoms with E-state index in [1.807, 2.05) is 76.7 Å². The van der Waals surface area contributed by atoms with Crippen LogP contribution in [0.1, 0.15) is 10.4 Å². The molecule has 0 unspecified atom stereocenters. The first kappa shape index (κ1) is 17.9. The fourth-order valence-corrected chi connectivity index (χ4v) is 4.78. The molecule has 0 aliphatic carbocycles. The first-order valence-electron chi connectivity index (χ1n) is 9.08. The fourth-order valence-electron chi connectivity index (χ4n) is 3.25. The average Bonchev–Trinajstić information content (AvgIpc) is 3.51. The molecule has 0 radical (unpaired) electrons. The average molecular weight is 417 g/mol. The Morgan fingerprint density at radius 1 is 1.00 bits per heavy atom. The van der Waals surface area contributed by atoms with E-state index < -0.39 is 0 Å². The van der Waals surface area contributed by atoms with Gasteiger partial charge in [0.15, 0.2) is 16.8 Å². The highest BCUT2D eigenvalue weighted by atomic mass is 32.2. The molecule has 0 amide bonds. The Morgan fingerprint density at radius 2 is 1.83 bits per heavy atom. The van der Waals surface area contributed by atoms with Crippen molar-refractivity contribution in [2.45, 2.75) is 5.16 Å². The van der Waals surface area contributed by atoms with E-state index in [1.165, 1.54) is 11.8 Å². The Morgan fingerprint density at radius 3 is 2.66 bits per heavy atom. The quantitative estimate of drug-likeness (QED) is 0.295. The third-order valence-electron chi connectivity index (χ3n) is 4.61. The van der Waals surface area contributed by atoms with Crippen LogP contribution in [0.15, 0.2) is 83.5 Å². The van der Waals surface area contributed by atoms with Gasteiger partial charge in [-0.2, -0.15) is 0 Å². The third-order valence-corrected chi connectivity index (χ3v) is 6.41. The molecule has 5 rings (SSSR count). The second kappa shape index (κ2) is 7.69. The lowest BCUT2D eigenvalue weighted by atomic mass is 10.1. The molecule has 2 aromatic carbocycles. The van der Waals surface area contributed by atoms with Gasteiger partial charge in [-0.25, -0.2) is 0 Å². The van der Waals surface area contributed by atoms with E-state index in [2.05, 4.69) is 15.2 Å². The van der Waals surface area contributed by atoms with Crippen LogP contribution in [0.3, 0.4) is 0 Å². The number of carbonyl (C=O) groups excluding carboxylic acids is 1. The number of hydrogen-bond donors (Lipinski definition) is 1. The second-order valence-corrected chi connectivity index (χ2v) is 8.30. The van der Waals surface area contributed by atoms with Crippen LogP contribution in [0, 0.1) is 0 Å². The van der Waals surface area contributed by atoms with Crippen molar-refractivity contribution in [3.05, 3.63) is 83.9 Å². The highest BCUT2D eigenvalue weighted by molar-refractivity contribution is 7.99. The Kier molecular flexibility index (Phi) is 4.75. The molecule has 0 aliphatic rings. The number of Topliss-reactive ketones (excluding diaryl/α,β-unsaturated/α-hetero) is 1. The van der Waals surface area contributed by atoms with Crippen molar-refractivity contribution in [2.24, 2.45) is 0 Å². The SMILES string of the molecule is O=C(CSc1nnc(-c2cccs2)n1-c1ccccc1)c1c[nH]c2ccccc12. The molecule has 29 heavy (non-hydrogen) atoms. The van der Waals surface area contributed by atoms with Crippen LogP contribution in [0.4, 0.5) is 0 Å². The van der Waals surface area contributed by atoms with Gasteiger partial charge in [-0.05, 0) is 29.6 Å². The minimum absolute atomic E-state index is 0.0627. The maximum atomic E-state index is 12.9. The largest absolute Gasteiger partial charge is 0.360 e. The number of para-hydroxylation sites is 2. The van der Waals surface area contributed by atoms with Crippen LogP contribution in [-0.2, 0) is 0 Å². The third kappa shape index (κ3) is 3.39. The molecule has 5 aromatic rings. The Labute approximate surface area is 175 Å². The molecule has 3 aromatic heterocycles. The molecule has 0 fully saturated rings. The Balaban J connectivity index is 1.46. The van der Waals surface area contributed by atoms with Gasteiger partial charge in [-0.15, -0.1) is 21.5 Å². The summed E-state index contributed by atoms with van der Waals surface area (Å²) in [4.78, 5) is 17.1. The summed E-state index contributed by atoms with van der Waals surface area (Å²) in [5.41, 5.74) is 2.65. The predicted molar refractivity (Wildman–Crippen MR) is 118 cm³/mol. The van der Waals surface area contributed by atoms with Crippen molar-refractivity contribution in [2.75, 3.05) is 5.75 Å². The van der Waals surface area contributed by atoms with Crippen molar-refractivity contribution >= 4 is 39.8 Å².